The van der Waals surface area contributed by atoms with Gasteiger partial charge in [-0.1, -0.05) is 31.7 Å². The van der Waals surface area contributed by atoms with E-state index in [2.05, 4.69) is 0 Å². The van der Waals surface area contributed by atoms with Crippen LogP contribution in [0.3, 0.4) is 0 Å². The molecule has 1 aliphatic heterocycles. The Bertz CT molecular complexity index is 903. The van der Waals surface area contributed by atoms with Crippen LogP contribution in [0.4, 0.5) is 0 Å². The zero-order valence-corrected chi connectivity index (χ0v) is 19.6. The van der Waals surface area contributed by atoms with Gasteiger partial charge in [-0.2, -0.15) is 4.31 Å². The highest BCUT2D eigenvalue weighted by Gasteiger charge is 2.30. The van der Waals surface area contributed by atoms with Gasteiger partial charge in [0, 0.05) is 26.2 Å². The molecule has 0 unspecified atom stereocenters. The van der Waals surface area contributed by atoms with Crippen LogP contribution in [0.25, 0.3) is 0 Å². The molecule has 1 atom stereocenters. The van der Waals surface area contributed by atoms with E-state index in [-0.39, 0.29) is 22.4 Å². The Kier molecular flexibility index (Phi) is 7.75. The van der Waals surface area contributed by atoms with Crippen LogP contribution in [0.1, 0.15) is 74.2 Å². The van der Waals surface area contributed by atoms with Crippen LogP contribution in [0.15, 0.2) is 23.1 Å². The molecule has 7 nitrogen and oxygen atoms in total. The fourth-order valence-electron chi connectivity index (χ4n) is 4.46. The number of hydrogen-bond acceptors (Lipinski definition) is 5. The molecule has 0 aromatic heterocycles. The third kappa shape index (κ3) is 5.47. The van der Waals surface area contributed by atoms with Gasteiger partial charge in [0.2, 0.25) is 10.0 Å². The second-order valence-corrected chi connectivity index (χ2v) is 10.6. The van der Waals surface area contributed by atoms with Crippen molar-refractivity contribution in [3.05, 3.63) is 29.3 Å². The predicted molar refractivity (Wildman–Crippen MR) is 118 cm³/mol. The Morgan fingerprint density at radius 1 is 1.06 bits per heavy atom. The number of sulfonamides is 1. The summed E-state index contributed by atoms with van der Waals surface area (Å²) in [6, 6.07) is 4.73. The molecule has 1 saturated heterocycles. The first kappa shape index (κ1) is 23.7. The van der Waals surface area contributed by atoms with E-state index in [4.69, 9.17) is 4.74 Å². The second-order valence-electron chi connectivity index (χ2n) is 8.73. The average Bonchev–Trinajstić information content (AvgIpc) is 2.79. The van der Waals surface area contributed by atoms with Crippen LogP contribution in [-0.4, -0.2) is 61.8 Å². The predicted octanol–water partition coefficient (Wildman–Crippen LogP) is 3.51. The summed E-state index contributed by atoms with van der Waals surface area (Å²) in [5, 5.41) is 0. The highest BCUT2D eigenvalue weighted by Crippen LogP contribution is 2.25. The number of rotatable bonds is 6. The number of likely N-dealkylation sites (N-methyl/N-ethyl adjacent to an activating group) is 1. The van der Waals surface area contributed by atoms with Gasteiger partial charge in [-0.25, -0.2) is 13.2 Å². The number of carbonyl (C=O) groups excluding carboxylic acids is 2. The van der Waals surface area contributed by atoms with Crippen molar-refractivity contribution in [1.29, 1.82) is 0 Å². The standard InChI is InChI=1S/C23H34N2O5S/c1-17-12-13-19(16-21(17)31(28,29)25-14-8-5-9-15-25)23(27)30-18(2)22(26)24(3)20-10-6-4-7-11-20/h12-13,16,18,20H,4-11,14-15H2,1-3H3/t18-/m1/s1. The normalized spacial score (nSPS) is 19.6. The monoisotopic (exact) mass is 450 g/mol. The van der Waals surface area contributed by atoms with E-state index in [1.54, 1.807) is 37.9 Å². The van der Waals surface area contributed by atoms with E-state index in [0.717, 1.165) is 44.9 Å². The molecule has 0 bridgehead atoms. The zero-order valence-electron chi connectivity index (χ0n) is 18.8. The largest absolute Gasteiger partial charge is 0.449 e. The number of nitrogens with zero attached hydrogens (tertiary/aromatic N) is 2. The van der Waals surface area contributed by atoms with Crippen LogP contribution in [0.2, 0.25) is 0 Å². The van der Waals surface area contributed by atoms with E-state index >= 15 is 0 Å². The SMILES string of the molecule is Cc1ccc(C(=O)O[C@H](C)C(=O)N(C)C2CCCCC2)cc1S(=O)(=O)N1CCCCC1. The number of amides is 1. The first-order valence-electron chi connectivity index (χ1n) is 11.3. The van der Waals surface area contributed by atoms with Crippen molar-refractivity contribution in [2.24, 2.45) is 0 Å². The van der Waals surface area contributed by atoms with Crippen molar-refractivity contribution in [2.45, 2.75) is 82.3 Å². The topological polar surface area (TPSA) is 84.0 Å². The molecule has 1 aromatic carbocycles. The van der Waals surface area contributed by atoms with E-state index in [1.165, 1.54) is 16.8 Å². The minimum atomic E-state index is -3.67. The van der Waals surface area contributed by atoms with Crippen molar-refractivity contribution < 1.29 is 22.7 Å². The molecule has 8 heteroatoms. The smallest absolute Gasteiger partial charge is 0.338 e. The Morgan fingerprint density at radius 3 is 2.32 bits per heavy atom. The number of aryl methyl sites for hydroxylation is 1. The lowest BCUT2D eigenvalue weighted by Gasteiger charge is -2.32. The molecule has 2 fully saturated rings. The molecule has 3 rings (SSSR count). The van der Waals surface area contributed by atoms with Crippen LogP contribution in [0.5, 0.6) is 0 Å². The van der Waals surface area contributed by atoms with Crippen molar-refractivity contribution in [1.82, 2.24) is 9.21 Å². The zero-order chi connectivity index (χ0) is 22.6. The molecule has 1 heterocycles. The summed E-state index contributed by atoms with van der Waals surface area (Å²) in [6.45, 7) is 4.28. The Balaban J connectivity index is 1.71. The lowest BCUT2D eigenvalue weighted by molar-refractivity contribution is -0.141. The van der Waals surface area contributed by atoms with Crippen molar-refractivity contribution >= 4 is 21.9 Å². The maximum absolute atomic E-state index is 13.1. The first-order valence-corrected chi connectivity index (χ1v) is 12.7. The Hall–Kier alpha value is -1.93. The van der Waals surface area contributed by atoms with E-state index in [1.807, 2.05) is 0 Å². The highest BCUT2D eigenvalue weighted by molar-refractivity contribution is 7.89. The van der Waals surface area contributed by atoms with Crippen molar-refractivity contribution in [2.75, 3.05) is 20.1 Å². The van der Waals surface area contributed by atoms with E-state index in [9.17, 15) is 18.0 Å². The minimum Gasteiger partial charge on any atom is -0.449 e. The van der Waals surface area contributed by atoms with Crippen LogP contribution in [-0.2, 0) is 19.6 Å². The Morgan fingerprint density at radius 2 is 1.68 bits per heavy atom. The highest BCUT2D eigenvalue weighted by atomic mass is 32.2. The molecule has 2 aliphatic rings. The van der Waals surface area contributed by atoms with Gasteiger partial charge in [-0.3, -0.25) is 4.79 Å². The van der Waals surface area contributed by atoms with Gasteiger partial charge in [0.1, 0.15) is 0 Å². The molecule has 172 valence electrons. The molecule has 1 aromatic rings. The average molecular weight is 451 g/mol. The summed E-state index contributed by atoms with van der Waals surface area (Å²) >= 11 is 0. The number of ether oxygens (including phenoxy) is 1. The van der Waals surface area contributed by atoms with Crippen molar-refractivity contribution in [3.8, 4) is 0 Å². The molecule has 31 heavy (non-hydrogen) atoms. The number of benzene rings is 1. The number of esters is 1. The van der Waals surface area contributed by atoms with Gasteiger partial charge in [-0.15, -0.1) is 0 Å². The third-order valence-electron chi connectivity index (χ3n) is 6.46. The van der Waals surface area contributed by atoms with Gasteiger partial charge in [0.25, 0.3) is 5.91 Å². The van der Waals surface area contributed by atoms with Gasteiger partial charge in [0.05, 0.1) is 10.5 Å². The summed E-state index contributed by atoms with van der Waals surface area (Å²) in [5.74, 6) is -0.915. The second kappa shape index (κ2) is 10.1. The molecule has 1 amide bonds. The molecule has 0 N–H and O–H groups in total. The molecule has 0 spiro atoms. The molecular formula is C23H34N2O5S. The van der Waals surface area contributed by atoms with Crippen LogP contribution >= 0.6 is 0 Å². The number of hydrogen-bond donors (Lipinski definition) is 0. The lowest BCUT2D eigenvalue weighted by Crippen LogP contribution is -2.44. The summed E-state index contributed by atoms with van der Waals surface area (Å²) in [5.41, 5.74) is 0.726. The number of piperidine rings is 1. The summed E-state index contributed by atoms with van der Waals surface area (Å²) in [6.07, 6.45) is 7.13. The lowest BCUT2D eigenvalue weighted by atomic mass is 9.94. The van der Waals surface area contributed by atoms with Crippen LogP contribution in [0, 0.1) is 6.92 Å². The van der Waals surface area contributed by atoms with Crippen LogP contribution < -0.4 is 0 Å². The van der Waals surface area contributed by atoms with Gasteiger partial charge >= 0.3 is 5.97 Å². The molecular weight excluding hydrogens is 416 g/mol. The van der Waals surface area contributed by atoms with Gasteiger partial charge in [-0.05, 0) is 57.2 Å². The molecule has 1 saturated carbocycles. The third-order valence-corrected chi connectivity index (χ3v) is 8.50. The fourth-order valence-corrected chi connectivity index (χ4v) is 6.23. The minimum absolute atomic E-state index is 0.127. The maximum atomic E-state index is 13.1. The fraction of sp³-hybridized carbons (Fsp3) is 0.652. The maximum Gasteiger partial charge on any atom is 0.338 e. The van der Waals surface area contributed by atoms with Gasteiger partial charge < -0.3 is 9.64 Å². The van der Waals surface area contributed by atoms with Crippen molar-refractivity contribution in [3.63, 3.8) is 0 Å². The molecule has 1 aliphatic carbocycles. The summed E-state index contributed by atoms with van der Waals surface area (Å²) in [4.78, 5) is 27.3. The first-order chi connectivity index (χ1) is 14.7. The summed E-state index contributed by atoms with van der Waals surface area (Å²) in [7, 11) is -1.91. The molecule has 0 radical (unpaired) electrons. The van der Waals surface area contributed by atoms with E-state index < -0.39 is 22.1 Å². The Labute approximate surface area is 185 Å². The quantitative estimate of drug-likeness (QED) is 0.620. The summed E-state index contributed by atoms with van der Waals surface area (Å²) < 4.78 is 33.1. The van der Waals surface area contributed by atoms with Gasteiger partial charge in [0.15, 0.2) is 6.10 Å². The van der Waals surface area contributed by atoms with E-state index in [0.29, 0.717) is 18.7 Å². The number of carbonyl (C=O) groups is 2.